The van der Waals surface area contributed by atoms with Crippen molar-refractivity contribution in [2.45, 2.75) is 36.0 Å². The van der Waals surface area contributed by atoms with Crippen molar-refractivity contribution >= 4 is 21.4 Å². The maximum atomic E-state index is 12.2. The van der Waals surface area contributed by atoms with Crippen molar-refractivity contribution in [1.82, 2.24) is 10.0 Å². The summed E-state index contributed by atoms with van der Waals surface area (Å²) in [5.41, 5.74) is 0. The van der Waals surface area contributed by atoms with Crippen LogP contribution in [-0.4, -0.2) is 41.3 Å². The molecule has 0 bridgehead atoms. The number of hydrogen-bond acceptors (Lipinski definition) is 5. The Morgan fingerprint density at radius 1 is 1.40 bits per heavy atom. The molecule has 1 aliphatic heterocycles. The van der Waals surface area contributed by atoms with Gasteiger partial charge in [-0.15, -0.1) is 11.3 Å². The second-order valence-corrected chi connectivity index (χ2v) is 8.08. The monoisotopic (exact) mass is 318 g/mol. The fraction of sp³-hybridized carbons (Fsp3) is 0.692. The number of rotatable bonds is 7. The van der Waals surface area contributed by atoms with E-state index in [0.29, 0.717) is 10.8 Å². The summed E-state index contributed by atoms with van der Waals surface area (Å²) in [6.07, 6.45) is 3.98. The van der Waals surface area contributed by atoms with E-state index in [1.54, 1.807) is 6.07 Å². The Morgan fingerprint density at radius 2 is 2.25 bits per heavy atom. The van der Waals surface area contributed by atoms with Gasteiger partial charge in [-0.2, -0.15) is 0 Å². The first-order valence-corrected chi connectivity index (χ1v) is 9.26. The highest BCUT2D eigenvalue weighted by Gasteiger charge is 2.20. The molecule has 1 fully saturated rings. The highest BCUT2D eigenvalue weighted by Crippen LogP contribution is 2.22. The molecule has 5 nitrogen and oxygen atoms in total. The van der Waals surface area contributed by atoms with Crippen molar-refractivity contribution in [2.24, 2.45) is 0 Å². The highest BCUT2D eigenvalue weighted by molar-refractivity contribution is 7.91. The SMILES string of the molecule is CNCCc1ccc(S(=O)(=O)NCC2CCCCO2)s1. The molecule has 0 aliphatic carbocycles. The van der Waals surface area contributed by atoms with Crippen molar-refractivity contribution in [2.75, 3.05) is 26.7 Å². The topological polar surface area (TPSA) is 67.4 Å². The van der Waals surface area contributed by atoms with Crippen molar-refractivity contribution in [1.29, 1.82) is 0 Å². The van der Waals surface area contributed by atoms with Gasteiger partial charge in [-0.25, -0.2) is 13.1 Å². The van der Waals surface area contributed by atoms with Gasteiger partial charge in [-0.05, 0) is 51.4 Å². The number of ether oxygens (including phenoxy) is 1. The van der Waals surface area contributed by atoms with Crippen LogP contribution in [0.1, 0.15) is 24.1 Å². The quantitative estimate of drug-likeness (QED) is 0.796. The first-order chi connectivity index (χ1) is 9.62. The summed E-state index contributed by atoms with van der Waals surface area (Å²) >= 11 is 1.34. The molecule has 0 saturated carbocycles. The summed E-state index contributed by atoms with van der Waals surface area (Å²) in [7, 11) is -1.51. The minimum Gasteiger partial charge on any atom is -0.377 e. The second-order valence-electron chi connectivity index (χ2n) is 4.91. The molecule has 0 radical (unpaired) electrons. The van der Waals surface area contributed by atoms with E-state index in [1.165, 1.54) is 11.3 Å². The summed E-state index contributed by atoms with van der Waals surface area (Å²) in [4.78, 5) is 1.08. The van der Waals surface area contributed by atoms with Crippen molar-refractivity contribution in [3.8, 4) is 0 Å². The van der Waals surface area contributed by atoms with Crippen LogP contribution >= 0.6 is 11.3 Å². The van der Waals surface area contributed by atoms with Gasteiger partial charge < -0.3 is 10.1 Å². The molecule has 1 aromatic heterocycles. The Labute approximate surface area is 124 Å². The van der Waals surface area contributed by atoms with Gasteiger partial charge in [0.25, 0.3) is 0 Å². The number of nitrogens with one attached hydrogen (secondary N) is 2. The van der Waals surface area contributed by atoms with Crippen LogP contribution in [0.3, 0.4) is 0 Å². The summed E-state index contributed by atoms with van der Waals surface area (Å²) in [6.45, 7) is 1.95. The Kier molecular flexibility index (Phi) is 5.98. The molecule has 0 aromatic carbocycles. The average molecular weight is 318 g/mol. The van der Waals surface area contributed by atoms with Gasteiger partial charge in [-0.1, -0.05) is 0 Å². The van der Waals surface area contributed by atoms with E-state index in [1.807, 2.05) is 13.1 Å². The van der Waals surface area contributed by atoms with Gasteiger partial charge >= 0.3 is 0 Å². The van der Waals surface area contributed by atoms with Crippen LogP contribution in [0.4, 0.5) is 0 Å². The maximum Gasteiger partial charge on any atom is 0.250 e. The van der Waals surface area contributed by atoms with Crippen LogP contribution in [0.2, 0.25) is 0 Å². The Hall–Kier alpha value is -0.470. The first kappa shape index (κ1) is 15.9. The van der Waals surface area contributed by atoms with Crippen LogP contribution in [0, 0.1) is 0 Å². The van der Waals surface area contributed by atoms with Crippen molar-refractivity contribution < 1.29 is 13.2 Å². The number of sulfonamides is 1. The largest absolute Gasteiger partial charge is 0.377 e. The third-order valence-electron chi connectivity index (χ3n) is 3.30. The molecule has 0 spiro atoms. The minimum atomic E-state index is -3.40. The second kappa shape index (κ2) is 7.51. The Bertz CT molecular complexity index is 507. The molecule has 1 saturated heterocycles. The molecule has 0 amide bonds. The molecule has 20 heavy (non-hydrogen) atoms. The molecule has 1 atom stereocenters. The zero-order valence-electron chi connectivity index (χ0n) is 11.7. The van der Waals surface area contributed by atoms with E-state index in [9.17, 15) is 8.42 Å². The third-order valence-corrected chi connectivity index (χ3v) is 6.36. The van der Waals surface area contributed by atoms with Gasteiger partial charge in [0.05, 0.1) is 6.10 Å². The predicted octanol–water partition coefficient (Wildman–Crippen LogP) is 1.36. The first-order valence-electron chi connectivity index (χ1n) is 6.96. The van der Waals surface area contributed by atoms with E-state index >= 15 is 0 Å². The number of hydrogen-bond donors (Lipinski definition) is 2. The molecule has 7 heteroatoms. The lowest BCUT2D eigenvalue weighted by Crippen LogP contribution is -2.35. The lowest BCUT2D eigenvalue weighted by atomic mass is 10.1. The van der Waals surface area contributed by atoms with E-state index < -0.39 is 10.0 Å². The average Bonchev–Trinajstić information content (AvgIpc) is 2.94. The van der Waals surface area contributed by atoms with Crippen LogP contribution in [0.15, 0.2) is 16.3 Å². The van der Waals surface area contributed by atoms with Crippen LogP contribution in [0.5, 0.6) is 0 Å². The van der Waals surface area contributed by atoms with E-state index in [2.05, 4.69) is 10.0 Å². The Balaban J connectivity index is 1.90. The standard InChI is InChI=1S/C13H22N2O3S2/c1-14-8-7-12-5-6-13(19-12)20(16,17)15-10-11-4-2-3-9-18-11/h5-6,11,14-15H,2-4,7-10H2,1H3. The number of likely N-dealkylation sites (N-methyl/N-ethyl adjacent to an activating group) is 1. The lowest BCUT2D eigenvalue weighted by Gasteiger charge is -2.22. The number of thiophene rings is 1. The van der Waals surface area contributed by atoms with Crippen LogP contribution < -0.4 is 10.0 Å². The molecule has 2 N–H and O–H groups in total. The van der Waals surface area contributed by atoms with Crippen molar-refractivity contribution in [3.63, 3.8) is 0 Å². The molecule has 1 aliphatic rings. The van der Waals surface area contributed by atoms with Gasteiger partial charge in [0.1, 0.15) is 4.21 Å². The summed E-state index contributed by atoms with van der Waals surface area (Å²) in [5, 5.41) is 3.06. The zero-order valence-corrected chi connectivity index (χ0v) is 13.4. The Morgan fingerprint density at radius 3 is 2.95 bits per heavy atom. The zero-order chi connectivity index (χ0) is 14.4. The van der Waals surface area contributed by atoms with Crippen LogP contribution in [-0.2, 0) is 21.2 Å². The molecular weight excluding hydrogens is 296 g/mol. The highest BCUT2D eigenvalue weighted by atomic mass is 32.2. The fourth-order valence-corrected chi connectivity index (χ4v) is 4.59. The molecule has 1 unspecified atom stereocenters. The van der Waals surface area contributed by atoms with Crippen LogP contribution in [0.25, 0.3) is 0 Å². The molecular formula is C13H22N2O3S2. The fourth-order valence-electron chi connectivity index (χ4n) is 2.13. The normalized spacial score (nSPS) is 20.1. The third kappa shape index (κ3) is 4.53. The van der Waals surface area contributed by atoms with Gasteiger partial charge in [0.15, 0.2) is 0 Å². The van der Waals surface area contributed by atoms with E-state index in [-0.39, 0.29) is 6.10 Å². The van der Waals surface area contributed by atoms with Crippen molar-refractivity contribution in [3.05, 3.63) is 17.0 Å². The summed E-state index contributed by atoms with van der Waals surface area (Å²) in [6, 6.07) is 3.56. The van der Waals surface area contributed by atoms with Gasteiger partial charge in [-0.3, -0.25) is 0 Å². The predicted molar refractivity (Wildman–Crippen MR) is 80.7 cm³/mol. The summed E-state index contributed by atoms with van der Waals surface area (Å²) in [5.74, 6) is 0. The molecule has 1 aromatic rings. The lowest BCUT2D eigenvalue weighted by molar-refractivity contribution is 0.0200. The molecule has 114 valence electrons. The maximum absolute atomic E-state index is 12.2. The van der Waals surface area contributed by atoms with Gasteiger partial charge in [0.2, 0.25) is 10.0 Å². The minimum absolute atomic E-state index is 0.0160. The smallest absolute Gasteiger partial charge is 0.250 e. The summed E-state index contributed by atoms with van der Waals surface area (Å²) < 4.78 is 33.0. The van der Waals surface area contributed by atoms with Gasteiger partial charge in [0, 0.05) is 18.0 Å². The van der Waals surface area contributed by atoms with E-state index in [0.717, 1.165) is 43.7 Å². The van der Waals surface area contributed by atoms with E-state index in [4.69, 9.17) is 4.74 Å². The molecule has 2 heterocycles. The molecule has 2 rings (SSSR count).